The van der Waals surface area contributed by atoms with Gasteiger partial charge in [0, 0.05) is 17.7 Å². The van der Waals surface area contributed by atoms with Gasteiger partial charge in [0.1, 0.15) is 6.04 Å². The van der Waals surface area contributed by atoms with E-state index in [0.29, 0.717) is 23.9 Å². The fraction of sp³-hybridized carbons (Fsp3) is 0.174. The Labute approximate surface area is 162 Å². The highest BCUT2D eigenvalue weighted by Crippen LogP contribution is 2.34. The molecule has 0 N–H and O–H groups in total. The van der Waals surface area contributed by atoms with E-state index in [1.807, 2.05) is 77.7 Å². The molecule has 5 heteroatoms. The molecule has 1 amide bonds. The van der Waals surface area contributed by atoms with Gasteiger partial charge in [-0.25, -0.2) is 0 Å². The molecule has 1 atom stereocenters. The number of likely N-dealkylation sites (tertiary alicyclic amines) is 1. The van der Waals surface area contributed by atoms with Crippen molar-refractivity contribution >= 4 is 16.7 Å². The van der Waals surface area contributed by atoms with Gasteiger partial charge in [-0.05, 0) is 41.8 Å². The lowest BCUT2D eigenvalue weighted by Gasteiger charge is -2.22. The fourth-order valence-corrected chi connectivity index (χ4v) is 3.90. The lowest BCUT2D eigenvalue weighted by Crippen LogP contribution is -2.30. The van der Waals surface area contributed by atoms with Crippen molar-refractivity contribution in [1.82, 2.24) is 15.1 Å². The Kier molecular flexibility index (Phi) is 4.13. The largest absolute Gasteiger partial charge is 0.418 e. The molecule has 0 radical (unpaired) electrons. The molecule has 3 aromatic carbocycles. The van der Waals surface area contributed by atoms with E-state index in [1.54, 1.807) is 0 Å². The van der Waals surface area contributed by atoms with Gasteiger partial charge >= 0.3 is 0 Å². The van der Waals surface area contributed by atoms with Gasteiger partial charge in [0.2, 0.25) is 11.8 Å². The van der Waals surface area contributed by atoms with Crippen molar-refractivity contribution in [2.75, 3.05) is 6.54 Å². The smallest absolute Gasteiger partial charge is 0.255 e. The predicted molar refractivity (Wildman–Crippen MR) is 107 cm³/mol. The Morgan fingerprint density at radius 1 is 0.929 bits per heavy atom. The summed E-state index contributed by atoms with van der Waals surface area (Å²) < 4.78 is 5.94. The van der Waals surface area contributed by atoms with Gasteiger partial charge in [-0.2, -0.15) is 0 Å². The predicted octanol–water partition coefficient (Wildman–Crippen LogP) is 4.87. The maximum atomic E-state index is 13.4. The number of aromatic nitrogens is 2. The minimum atomic E-state index is -0.184. The Morgan fingerprint density at radius 3 is 2.61 bits per heavy atom. The molecule has 138 valence electrons. The van der Waals surface area contributed by atoms with Crippen molar-refractivity contribution in [3.8, 4) is 11.5 Å². The SMILES string of the molecule is O=C(c1cccc2ccccc12)N1CCCC1c1nnc(-c2ccccc2)o1. The van der Waals surface area contributed by atoms with Crippen molar-refractivity contribution < 1.29 is 9.21 Å². The van der Waals surface area contributed by atoms with Crippen LogP contribution >= 0.6 is 0 Å². The van der Waals surface area contributed by atoms with E-state index < -0.39 is 0 Å². The highest BCUT2D eigenvalue weighted by molar-refractivity contribution is 6.07. The van der Waals surface area contributed by atoms with Gasteiger partial charge in [-0.3, -0.25) is 4.79 Å². The maximum absolute atomic E-state index is 13.4. The van der Waals surface area contributed by atoms with Crippen molar-refractivity contribution in [3.63, 3.8) is 0 Å². The highest BCUT2D eigenvalue weighted by Gasteiger charge is 2.35. The Morgan fingerprint density at radius 2 is 1.71 bits per heavy atom. The summed E-state index contributed by atoms with van der Waals surface area (Å²) in [6.45, 7) is 0.690. The molecular formula is C23H19N3O2. The third kappa shape index (κ3) is 2.85. The normalized spacial score (nSPS) is 16.6. The lowest BCUT2D eigenvalue weighted by atomic mass is 10.0. The van der Waals surface area contributed by atoms with E-state index in [1.165, 1.54) is 0 Å². The first-order chi connectivity index (χ1) is 13.8. The number of hydrogen-bond acceptors (Lipinski definition) is 4. The van der Waals surface area contributed by atoms with Crippen LogP contribution in [0, 0.1) is 0 Å². The second-order valence-electron chi connectivity index (χ2n) is 6.99. The summed E-state index contributed by atoms with van der Waals surface area (Å²) in [5.41, 5.74) is 1.60. The number of fused-ring (bicyclic) bond motifs is 1. The van der Waals surface area contributed by atoms with Crippen LogP contribution < -0.4 is 0 Å². The number of benzene rings is 3. The van der Waals surface area contributed by atoms with Crippen LogP contribution in [0.5, 0.6) is 0 Å². The standard InChI is InChI=1S/C23H19N3O2/c27-23(19-13-6-11-16-8-4-5-12-18(16)19)26-15-7-14-20(26)22-25-24-21(28-22)17-9-2-1-3-10-17/h1-6,8-13,20H,7,14-15H2. The minimum Gasteiger partial charge on any atom is -0.418 e. The molecular weight excluding hydrogens is 350 g/mol. The molecule has 1 unspecified atom stereocenters. The van der Waals surface area contributed by atoms with Gasteiger partial charge in [-0.1, -0.05) is 54.6 Å². The summed E-state index contributed by atoms with van der Waals surface area (Å²) in [6.07, 6.45) is 1.75. The molecule has 28 heavy (non-hydrogen) atoms. The van der Waals surface area contributed by atoms with Crippen molar-refractivity contribution in [2.45, 2.75) is 18.9 Å². The number of carbonyl (C=O) groups excluding carboxylic acids is 1. The van der Waals surface area contributed by atoms with Gasteiger partial charge < -0.3 is 9.32 Å². The average Bonchev–Trinajstić information content (AvgIpc) is 3.43. The van der Waals surface area contributed by atoms with Crippen LogP contribution in [0.4, 0.5) is 0 Å². The summed E-state index contributed by atoms with van der Waals surface area (Å²) in [7, 11) is 0. The molecule has 0 spiro atoms. The van der Waals surface area contributed by atoms with Gasteiger partial charge in [0.05, 0.1) is 0 Å². The topological polar surface area (TPSA) is 59.2 Å². The molecule has 0 saturated carbocycles. The molecule has 1 saturated heterocycles. The summed E-state index contributed by atoms with van der Waals surface area (Å²) in [5.74, 6) is 1.00. The van der Waals surface area contributed by atoms with Crippen molar-refractivity contribution in [3.05, 3.63) is 84.3 Å². The molecule has 2 heterocycles. The van der Waals surface area contributed by atoms with Crippen LogP contribution in [0.1, 0.15) is 35.1 Å². The zero-order valence-electron chi connectivity index (χ0n) is 15.3. The second kappa shape index (κ2) is 6.93. The third-order valence-corrected chi connectivity index (χ3v) is 5.28. The zero-order chi connectivity index (χ0) is 18.9. The summed E-state index contributed by atoms with van der Waals surface area (Å²) in [4.78, 5) is 15.2. The molecule has 0 bridgehead atoms. The second-order valence-corrected chi connectivity index (χ2v) is 6.99. The Hall–Kier alpha value is -3.47. The number of rotatable bonds is 3. The van der Waals surface area contributed by atoms with E-state index >= 15 is 0 Å². The molecule has 0 aliphatic carbocycles. The van der Waals surface area contributed by atoms with E-state index in [2.05, 4.69) is 10.2 Å². The highest BCUT2D eigenvalue weighted by atomic mass is 16.4. The van der Waals surface area contributed by atoms with E-state index in [4.69, 9.17) is 4.42 Å². The number of nitrogens with zero attached hydrogens (tertiary/aromatic N) is 3. The molecule has 1 aliphatic rings. The van der Waals surface area contributed by atoms with Gasteiger partial charge in [0.15, 0.2) is 0 Å². The summed E-state index contributed by atoms with van der Waals surface area (Å²) in [6, 6.07) is 23.3. The Balaban J connectivity index is 1.47. The van der Waals surface area contributed by atoms with Crippen molar-refractivity contribution in [1.29, 1.82) is 0 Å². The molecule has 5 nitrogen and oxygen atoms in total. The van der Waals surface area contributed by atoms with Gasteiger partial charge in [0.25, 0.3) is 5.91 Å². The maximum Gasteiger partial charge on any atom is 0.255 e. The lowest BCUT2D eigenvalue weighted by molar-refractivity contribution is 0.0718. The van der Waals surface area contributed by atoms with Crippen LogP contribution in [0.15, 0.2) is 77.2 Å². The van der Waals surface area contributed by atoms with Crippen LogP contribution in [-0.4, -0.2) is 27.5 Å². The van der Waals surface area contributed by atoms with Crippen LogP contribution in [0.2, 0.25) is 0 Å². The van der Waals surface area contributed by atoms with Crippen molar-refractivity contribution in [2.24, 2.45) is 0 Å². The van der Waals surface area contributed by atoms with Crippen LogP contribution in [0.3, 0.4) is 0 Å². The molecule has 1 aliphatic heterocycles. The van der Waals surface area contributed by atoms with E-state index in [9.17, 15) is 4.79 Å². The number of hydrogen-bond donors (Lipinski definition) is 0. The third-order valence-electron chi connectivity index (χ3n) is 5.28. The number of carbonyl (C=O) groups is 1. The summed E-state index contributed by atoms with van der Waals surface area (Å²) in [5, 5.41) is 10.5. The molecule has 1 fully saturated rings. The number of amides is 1. The first kappa shape index (κ1) is 16.7. The molecule has 5 rings (SSSR count). The van der Waals surface area contributed by atoms with E-state index in [-0.39, 0.29) is 11.9 Å². The van der Waals surface area contributed by atoms with E-state index in [0.717, 1.165) is 29.2 Å². The molecule has 1 aromatic heterocycles. The van der Waals surface area contributed by atoms with Gasteiger partial charge in [-0.15, -0.1) is 10.2 Å². The Bertz CT molecular complexity index is 1130. The monoisotopic (exact) mass is 369 g/mol. The first-order valence-corrected chi connectivity index (χ1v) is 9.49. The quantitative estimate of drug-likeness (QED) is 0.517. The average molecular weight is 369 g/mol. The van der Waals surface area contributed by atoms with Crippen LogP contribution in [-0.2, 0) is 0 Å². The van der Waals surface area contributed by atoms with Crippen LogP contribution in [0.25, 0.3) is 22.2 Å². The fourth-order valence-electron chi connectivity index (χ4n) is 3.90. The zero-order valence-corrected chi connectivity index (χ0v) is 15.3. The first-order valence-electron chi connectivity index (χ1n) is 9.49. The summed E-state index contributed by atoms with van der Waals surface area (Å²) >= 11 is 0. The molecule has 4 aromatic rings. The minimum absolute atomic E-state index is 0.0127.